The summed E-state index contributed by atoms with van der Waals surface area (Å²) in [6.45, 7) is 4.28. The van der Waals surface area contributed by atoms with Crippen molar-refractivity contribution in [1.82, 2.24) is 10.2 Å². The minimum Gasteiger partial charge on any atom is -0.465 e. The number of carbonyl (C=O) groups is 1. The first-order valence-corrected chi connectivity index (χ1v) is 8.42. The van der Waals surface area contributed by atoms with Crippen LogP contribution in [0.4, 0.5) is 0 Å². The summed E-state index contributed by atoms with van der Waals surface area (Å²) >= 11 is 0. The van der Waals surface area contributed by atoms with Crippen molar-refractivity contribution >= 4 is 5.97 Å². The van der Waals surface area contributed by atoms with Crippen molar-refractivity contribution in [1.29, 1.82) is 0 Å². The lowest BCUT2D eigenvalue weighted by atomic mass is 9.90. The van der Waals surface area contributed by atoms with Gasteiger partial charge in [-0.25, -0.2) is 4.79 Å². The molecule has 3 fully saturated rings. The quantitative estimate of drug-likeness (QED) is 0.783. The number of esters is 1. The Hall–Kier alpha value is -0.610. The smallest absolute Gasteiger partial charge is 0.327 e. The summed E-state index contributed by atoms with van der Waals surface area (Å²) < 4.78 is 5.39. The van der Waals surface area contributed by atoms with Gasteiger partial charge in [-0.1, -0.05) is 19.3 Å². The van der Waals surface area contributed by atoms with E-state index in [9.17, 15) is 4.79 Å². The van der Waals surface area contributed by atoms with E-state index < -0.39 is 5.54 Å². The van der Waals surface area contributed by atoms with E-state index in [0.717, 1.165) is 25.6 Å². The van der Waals surface area contributed by atoms with Crippen LogP contribution in [-0.4, -0.2) is 48.2 Å². The van der Waals surface area contributed by atoms with Gasteiger partial charge >= 0.3 is 5.97 Å². The third-order valence-electron chi connectivity index (χ3n) is 5.11. The molecule has 20 heavy (non-hydrogen) atoms. The van der Waals surface area contributed by atoms with Crippen LogP contribution < -0.4 is 5.32 Å². The summed E-state index contributed by atoms with van der Waals surface area (Å²) in [6.07, 6.45) is 9.89. The number of nitrogens with zero attached hydrogens (tertiary/aromatic N) is 1. The highest BCUT2D eigenvalue weighted by molar-refractivity contribution is 5.82. The van der Waals surface area contributed by atoms with E-state index in [1.54, 1.807) is 0 Å². The summed E-state index contributed by atoms with van der Waals surface area (Å²) in [4.78, 5) is 15.0. The van der Waals surface area contributed by atoms with Crippen LogP contribution in [0.25, 0.3) is 0 Å². The Kier molecular flexibility index (Phi) is 4.32. The van der Waals surface area contributed by atoms with Crippen molar-refractivity contribution < 1.29 is 9.53 Å². The molecule has 4 nitrogen and oxygen atoms in total. The highest BCUT2D eigenvalue weighted by Crippen LogP contribution is 2.35. The van der Waals surface area contributed by atoms with Crippen molar-refractivity contribution in [2.75, 3.05) is 19.7 Å². The molecule has 1 heterocycles. The predicted octanol–water partition coefficient (Wildman–Crippen LogP) is 2.08. The van der Waals surface area contributed by atoms with Crippen molar-refractivity contribution in [3.63, 3.8) is 0 Å². The fraction of sp³-hybridized carbons (Fsp3) is 0.938. The Bertz CT molecular complexity index is 350. The first-order valence-electron chi connectivity index (χ1n) is 8.42. The number of nitrogens with one attached hydrogen (secondary N) is 1. The first kappa shape index (κ1) is 14.3. The van der Waals surface area contributed by atoms with E-state index in [1.807, 2.05) is 6.92 Å². The molecule has 0 aromatic heterocycles. The molecule has 3 aliphatic rings. The minimum absolute atomic E-state index is 0.0197. The number of rotatable bonds is 5. The summed E-state index contributed by atoms with van der Waals surface area (Å²) in [6, 6.07) is 1.24. The lowest BCUT2D eigenvalue weighted by Crippen LogP contribution is -2.58. The normalized spacial score (nSPS) is 32.5. The third kappa shape index (κ3) is 3.01. The molecule has 0 radical (unpaired) electrons. The molecule has 3 rings (SSSR count). The third-order valence-corrected chi connectivity index (χ3v) is 5.11. The molecule has 0 aromatic carbocycles. The van der Waals surface area contributed by atoms with Gasteiger partial charge in [-0.05, 0) is 39.0 Å². The van der Waals surface area contributed by atoms with Crippen LogP contribution >= 0.6 is 0 Å². The largest absolute Gasteiger partial charge is 0.465 e. The van der Waals surface area contributed by atoms with E-state index in [2.05, 4.69) is 10.2 Å². The van der Waals surface area contributed by atoms with Crippen LogP contribution in [0.2, 0.25) is 0 Å². The van der Waals surface area contributed by atoms with Gasteiger partial charge < -0.3 is 4.74 Å². The van der Waals surface area contributed by atoms with Gasteiger partial charge in [0, 0.05) is 25.2 Å². The molecule has 0 bridgehead atoms. The van der Waals surface area contributed by atoms with Crippen LogP contribution in [0.1, 0.15) is 58.3 Å². The molecule has 2 saturated carbocycles. The zero-order valence-electron chi connectivity index (χ0n) is 12.7. The molecule has 1 aliphatic heterocycles. The van der Waals surface area contributed by atoms with Crippen molar-refractivity contribution in [3.05, 3.63) is 0 Å². The first-order chi connectivity index (χ1) is 9.73. The highest BCUT2D eigenvalue weighted by Gasteiger charge is 2.49. The van der Waals surface area contributed by atoms with Gasteiger partial charge in [0.15, 0.2) is 0 Å². The molecule has 1 saturated heterocycles. The van der Waals surface area contributed by atoms with Crippen LogP contribution in [0.15, 0.2) is 0 Å². The number of ether oxygens (including phenoxy) is 1. The number of hydrogen-bond acceptors (Lipinski definition) is 4. The van der Waals surface area contributed by atoms with E-state index in [4.69, 9.17) is 4.74 Å². The Labute approximate surface area is 122 Å². The molecule has 0 spiro atoms. The molecule has 1 unspecified atom stereocenters. The number of hydrogen-bond donors (Lipinski definition) is 1. The van der Waals surface area contributed by atoms with Gasteiger partial charge in [-0.15, -0.1) is 0 Å². The Morgan fingerprint density at radius 1 is 1.25 bits per heavy atom. The van der Waals surface area contributed by atoms with Gasteiger partial charge in [0.2, 0.25) is 0 Å². The molecular weight excluding hydrogens is 252 g/mol. The molecule has 1 N–H and O–H groups in total. The van der Waals surface area contributed by atoms with Gasteiger partial charge in [-0.3, -0.25) is 10.2 Å². The predicted molar refractivity (Wildman–Crippen MR) is 78.6 cm³/mol. The van der Waals surface area contributed by atoms with E-state index in [1.165, 1.54) is 44.9 Å². The number of carbonyl (C=O) groups excluding carboxylic acids is 1. The average Bonchev–Trinajstić information content (AvgIpc) is 3.22. The van der Waals surface area contributed by atoms with Crippen molar-refractivity contribution in [2.45, 2.75) is 75.9 Å². The summed E-state index contributed by atoms with van der Waals surface area (Å²) in [5, 5.41) is 3.71. The molecule has 114 valence electrons. The van der Waals surface area contributed by atoms with Crippen molar-refractivity contribution in [3.8, 4) is 0 Å². The maximum absolute atomic E-state index is 12.5. The van der Waals surface area contributed by atoms with Gasteiger partial charge in [0.05, 0.1) is 6.61 Å². The zero-order chi connectivity index (χ0) is 14.0. The molecular formula is C16H28N2O2. The Morgan fingerprint density at radius 3 is 2.65 bits per heavy atom. The van der Waals surface area contributed by atoms with E-state index >= 15 is 0 Å². The highest BCUT2D eigenvalue weighted by atomic mass is 16.5. The lowest BCUT2D eigenvalue weighted by Gasteiger charge is -2.34. The summed E-state index contributed by atoms with van der Waals surface area (Å²) in [7, 11) is 0. The molecule has 4 heteroatoms. The van der Waals surface area contributed by atoms with E-state index in [0.29, 0.717) is 12.6 Å². The van der Waals surface area contributed by atoms with Gasteiger partial charge in [0.25, 0.3) is 0 Å². The molecule has 0 amide bonds. The van der Waals surface area contributed by atoms with E-state index in [-0.39, 0.29) is 5.97 Å². The minimum atomic E-state index is -0.430. The standard InChI is InChI=1S/C16H28N2O2/c1-2-20-15(19)16(17-13-6-4-3-5-7-13)10-11-18(12-16)14-8-9-14/h13-14,17H,2-12H2,1H3. The summed E-state index contributed by atoms with van der Waals surface area (Å²) in [5.41, 5.74) is -0.430. The Balaban J connectivity index is 1.67. The second kappa shape index (κ2) is 6.02. The lowest BCUT2D eigenvalue weighted by molar-refractivity contribution is -0.151. The van der Waals surface area contributed by atoms with Gasteiger partial charge in [0.1, 0.15) is 5.54 Å². The molecule has 2 aliphatic carbocycles. The van der Waals surface area contributed by atoms with Crippen LogP contribution in [-0.2, 0) is 9.53 Å². The molecule has 1 atom stereocenters. The Morgan fingerprint density at radius 2 is 2.00 bits per heavy atom. The van der Waals surface area contributed by atoms with Crippen LogP contribution in [0.5, 0.6) is 0 Å². The number of likely N-dealkylation sites (tertiary alicyclic amines) is 1. The van der Waals surface area contributed by atoms with Crippen molar-refractivity contribution in [2.24, 2.45) is 0 Å². The molecule has 0 aromatic rings. The fourth-order valence-corrected chi connectivity index (χ4v) is 3.84. The topological polar surface area (TPSA) is 41.6 Å². The second-order valence-electron chi connectivity index (χ2n) is 6.73. The van der Waals surface area contributed by atoms with Crippen LogP contribution in [0, 0.1) is 0 Å². The van der Waals surface area contributed by atoms with Gasteiger partial charge in [-0.2, -0.15) is 0 Å². The van der Waals surface area contributed by atoms with Crippen LogP contribution in [0.3, 0.4) is 0 Å². The SMILES string of the molecule is CCOC(=O)C1(NC2CCCCC2)CCN(C2CC2)C1. The maximum Gasteiger partial charge on any atom is 0.327 e. The fourth-order valence-electron chi connectivity index (χ4n) is 3.84. The maximum atomic E-state index is 12.5. The zero-order valence-corrected chi connectivity index (χ0v) is 12.7. The monoisotopic (exact) mass is 280 g/mol. The summed E-state index contributed by atoms with van der Waals surface area (Å²) in [5.74, 6) is -0.0197. The second-order valence-corrected chi connectivity index (χ2v) is 6.73. The average molecular weight is 280 g/mol.